The molecule has 2 fully saturated rings. The molecule has 31 heavy (non-hydrogen) atoms. The Bertz CT molecular complexity index is 1130. The summed E-state index contributed by atoms with van der Waals surface area (Å²) >= 11 is 0. The first kappa shape index (κ1) is 18.4. The molecule has 7 heteroatoms. The summed E-state index contributed by atoms with van der Waals surface area (Å²) in [6.07, 6.45) is 5.80. The number of aromatic nitrogens is 4. The molecule has 0 spiro atoms. The summed E-state index contributed by atoms with van der Waals surface area (Å²) in [6.45, 7) is 3.65. The Kier molecular flexibility index (Phi) is 4.61. The Balaban J connectivity index is 1.13. The topological polar surface area (TPSA) is 67.3 Å². The van der Waals surface area contributed by atoms with Crippen LogP contribution in [0.5, 0.6) is 0 Å². The Labute approximate surface area is 180 Å². The number of ether oxygens (including phenoxy) is 1. The molecular formula is C24H24N6O. The minimum atomic E-state index is 0.223. The maximum absolute atomic E-state index is 6.53. The van der Waals surface area contributed by atoms with Crippen LogP contribution in [-0.2, 0) is 4.74 Å². The zero-order valence-electron chi connectivity index (χ0n) is 17.3. The van der Waals surface area contributed by atoms with Crippen molar-refractivity contribution in [1.29, 1.82) is 0 Å². The predicted octanol–water partition coefficient (Wildman–Crippen LogP) is 3.45. The van der Waals surface area contributed by atoms with E-state index >= 15 is 0 Å². The van der Waals surface area contributed by atoms with E-state index in [0.717, 1.165) is 72.5 Å². The van der Waals surface area contributed by atoms with Gasteiger partial charge in [-0.2, -0.15) is 0 Å². The minimum Gasteiger partial charge on any atom is -0.371 e. The molecule has 4 aromatic rings. The number of benzene rings is 2. The fourth-order valence-electron chi connectivity index (χ4n) is 4.82. The smallest absolute Gasteiger partial charge is 0.139 e. The lowest BCUT2D eigenvalue weighted by Gasteiger charge is -2.22. The average Bonchev–Trinajstić information content (AvgIpc) is 3.48. The van der Waals surface area contributed by atoms with Gasteiger partial charge in [0.05, 0.1) is 23.2 Å². The Morgan fingerprint density at radius 3 is 1.65 bits per heavy atom. The van der Waals surface area contributed by atoms with Gasteiger partial charge in [0.2, 0.25) is 0 Å². The molecule has 2 aromatic heterocycles. The van der Waals surface area contributed by atoms with Crippen LogP contribution in [0.25, 0.3) is 21.8 Å². The lowest BCUT2D eigenvalue weighted by molar-refractivity contribution is 0.0125. The maximum atomic E-state index is 6.53. The van der Waals surface area contributed by atoms with Crippen molar-refractivity contribution in [1.82, 2.24) is 19.9 Å². The number of fused-ring (bicyclic) bond motifs is 2. The van der Waals surface area contributed by atoms with Crippen molar-refractivity contribution in [2.24, 2.45) is 0 Å². The van der Waals surface area contributed by atoms with Crippen molar-refractivity contribution < 1.29 is 4.74 Å². The predicted molar refractivity (Wildman–Crippen MR) is 121 cm³/mol. The van der Waals surface area contributed by atoms with E-state index in [2.05, 4.69) is 41.9 Å². The number of hydrogen-bond acceptors (Lipinski definition) is 7. The number of para-hydroxylation sites is 2. The second-order valence-corrected chi connectivity index (χ2v) is 8.28. The van der Waals surface area contributed by atoms with E-state index in [0.29, 0.717) is 0 Å². The highest BCUT2D eigenvalue weighted by atomic mass is 16.5. The standard InChI is InChI=1S/C24H24N6O/c1-3-7-21-19(5-1)23(27-15-25-21)29-11-9-17(13-29)31-18-10-12-30(14-18)24-20-6-2-4-8-22(20)26-16-28-24/h1-8,15-18H,9-14H2. The summed E-state index contributed by atoms with van der Waals surface area (Å²) in [4.78, 5) is 22.6. The van der Waals surface area contributed by atoms with E-state index < -0.39 is 0 Å². The highest BCUT2D eigenvalue weighted by molar-refractivity contribution is 5.90. The fourth-order valence-corrected chi connectivity index (χ4v) is 4.82. The van der Waals surface area contributed by atoms with Crippen LogP contribution in [0.15, 0.2) is 61.2 Å². The quantitative estimate of drug-likeness (QED) is 0.509. The van der Waals surface area contributed by atoms with Gasteiger partial charge in [-0.15, -0.1) is 0 Å². The second kappa shape index (κ2) is 7.74. The van der Waals surface area contributed by atoms with E-state index in [-0.39, 0.29) is 12.2 Å². The van der Waals surface area contributed by atoms with Crippen LogP contribution >= 0.6 is 0 Å². The summed E-state index contributed by atoms with van der Waals surface area (Å²) in [7, 11) is 0. The molecule has 2 aliphatic heterocycles. The van der Waals surface area contributed by atoms with Crippen LogP contribution in [0.1, 0.15) is 12.8 Å². The van der Waals surface area contributed by atoms with Gasteiger partial charge in [0.15, 0.2) is 0 Å². The Hall–Kier alpha value is -3.32. The van der Waals surface area contributed by atoms with Crippen LogP contribution in [0.4, 0.5) is 11.6 Å². The molecule has 0 bridgehead atoms. The van der Waals surface area contributed by atoms with Gasteiger partial charge in [-0.05, 0) is 37.1 Å². The number of nitrogens with zero attached hydrogens (tertiary/aromatic N) is 6. The number of rotatable bonds is 4. The molecule has 2 aliphatic rings. The maximum Gasteiger partial charge on any atom is 0.139 e. The van der Waals surface area contributed by atoms with Gasteiger partial charge in [0.1, 0.15) is 24.3 Å². The van der Waals surface area contributed by atoms with Crippen molar-refractivity contribution in [3.8, 4) is 0 Å². The van der Waals surface area contributed by atoms with Crippen LogP contribution in [0.2, 0.25) is 0 Å². The zero-order chi connectivity index (χ0) is 20.6. The third-order valence-corrected chi connectivity index (χ3v) is 6.32. The van der Waals surface area contributed by atoms with E-state index in [9.17, 15) is 0 Å². The van der Waals surface area contributed by atoms with E-state index in [4.69, 9.17) is 4.74 Å². The molecular weight excluding hydrogens is 388 g/mol. The van der Waals surface area contributed by atoms with Gasteiger partial charge in [-0.1, -0.05) is 24.3 Å². The first-order valence-electron chi connectivity index (χ1n) is 10.9. The number of hydrogen-bond donors (Lipinski definition) is 0. The van der Waals surface area contributed by atoms with Gasteiger partial charge in [0.25, 0.3) is 0 Å². The first-order valence-corrected chi connectivity index (χ1v) is 10.9. The average molecular weight is 412 g/mol. The summed E-state index contributed by atoms with van der Waals surface area (Å²) in [5.74, 6) is 2.02. The van der Waals surface area contributed by atoms with Crippen molar-refractivity contribution in [3.05, 3.63) is 61.2 Å². The van der Waals surface area contributed by atoms with E-state index in [1.807, 2.05) is 36.4 Å². The molecule has 2 unspecified atom stereocenters. The van der Waals surface area contributed by atoms with Crippen molar-refractivity contribution in [3.63, 3.8) is 0 Å². The lowest BCUT2D eigenvalue weighted by atomic mass is 10.2. The summed E-state index contributed by atoms with van der Waals surface area (Å²) in [5.41, 5.74) is 1.97. The Morgan fingerprint density at radius 1 is 0.645 bits per heavy atom. The largest absolute Gasteiger partial charge is 0.371 e. The molecule has 156 valence electrons. The molecule has 0 amide bonds. The van der Waals surface area contributed by atoms with Crippen molar-refractivity contribution in [2.45, 2.75) is 25.0 Å². The van der Waals surface area contributed by atoms with Crippen LogP contribution in [0, 0.1) is 0 Å². The van der Waals surface area contributed by atoms with Crippen LogP contribution < -0.4 is 9.80 Å². The molecule has 2 saturated heterocycles. The molecule has 0 aliphatic carbocycles. The molecule has 6 rings (SSSR count). The molecule has 2 atom stereocenters. The van der Waals surface area contributed by atoms with Crippen LogP contribution in [0.3, 0.4) is 0 Å². The third kappa shape index (κ3) is 3.45. The molecule has 0 radical (unpaired) electrons. The fraction of sp³-hybridized carbons (Fsp3) is 0.333. The molecule has 0 saturated carbocycles. The van der Waals surface area contributed by atoms with Crippen LogP contribution in [-0.4, -0.2) is 58.3 Å². The van der Waals surface area contributed by atoms with E-state index in [1.165, 1.54) is 0 Å². The highest BCUT2D eigenvalue weighted by Crippen LogP contribution is 2.30. The molecule has 4 heterocycles. The highest BCUT2D eigenvalue weighted by Gasteiger charge is 2.31. The van der Waals surface area contributed by atoms with Gasteiger partial charge in [0, 0.05) is 37.0 Å². The third-order valence-electron chi connectivity index (χ3n) is 6.32. The molecule has 7 nitrogen and oxygen atoms in total. The van der Waals surface area contributed by atoms with Gasteiger partial charge >= 0.3 is 0 Å². The SMILES string of the molecule is c1ccc2c(N3CCC(OC4CCN(c5ncnc6ccccc56)C4)C3)ncnc2c1. The molecule has 0 N–H and O–H groups in total. The lowest BCUT2D eigenvalue weighted by Crippen LogP contribution is -2.29. The van der Waals surface area contributed by atoms with Gasteiger partial charge in [-0.25, -0.2) is 19.9 Å². The Morgan fingerprint density at radius 2 is 1.13 bits per heavy atom. The van der Waals surface area contributed by atoms with Crippen molar-refractivity contribution in [2.75, 3.05) is 36.0 Å². The van der Waals surface area contributed by atoms with Crippen molar-refractivity contribution >= 4 is 33.4 Å². The molecule has 2 aromatic carbocycles. The van der Waals surface area contributed by atoms with Gasteiger partial charge in [-0.3, -0.25) is 0 Å². The summed E-state index contributed by atoms with van der Waals surface area (Å²) < 4.78 is 6.53. The van der Waals surface area contributed by atoms with Gasteiger partial charge < -0.3 is 14.5 Å². The van der Waals surface area contributed by atoms with E-state index in [1.54, 1.807) is 12.7 Å². The minimum absolute atomic E-state index is 0.223. The monoisotopic (exact) mass is 412 g/mol. The normalized spacial score (nSPS) is 21.4. The first-order chi connectivity index (χ1) is 15.3. The summed E-state index contributed by atoms with van der Waals surface area (Å²) in [5, 5.41) is 2.21. The zero-order valence-corrected chi connectivity index (χ0v) is 17.3. The second-order valence-electron chi connectivity index (χ2n) is 8.28. The number of anilines is 2. The summed E-state index contributed by atoms with van der Waals surface area (Å²) in [6, 6.07) is 16.4.